The molecule has 0 radical (unpaired) electrons. The van der Waals surface area contributed by atoms with Gasteiger partial charge in [0, 0.05) is 12.0 Å². The maximum absolute atomic E-state index is 12.5. The summed E-state index contributed by atoms with van der Waals surface area (Å²) in [6.07, 6.45) is -3.92. The van der Waals surface area contributed by atoms with E-state index >= 15 is 0 Å². The van der Waals surface area contributed by atoms with Crippen molar-refractivity contribution < 1.29 is 18.0 Å². The molecule has 86 valence electrons. The number of primary amides is 1. The van der Waals surface area contributed by atoms with Gasteiger partial charge in [-0.15, -0.1) is 0 Å². The van der Waals surface area contributed by atoms with E-state index in [2.05, 4.69) is 12.1 Å². The van der Waals surface area contributed by atoms with Crippen molar-refractivity contribution in [3.63, 3.8) is 0 Å². The zero-order valence-electron chi connectivity index (χ0n) is 8.40. The van der Waals surface area contributed by atoms with Gasteiger partial charge in [0.2, 0.25) is 5.91 Å². The molecular weight excluding hydrogens is 219 g/mol. The summed E-state index contributed by atoms with van der Waals surface area (Å²) in [5.41, 5.74) is 4.20. The van der Waals surface area contributed by atoms with Gasteiger partial charge >= 0.3 is 6.18 Å². The molecule has 2 N–H and O–H groups in total. The fraction of sp³-hybridized carbons (Fsp3) is 0.364. The van der Waals surface area contributed by atoms with Gasteiger partial charge in [-0.05, 0) is 25.0 Å². The molecule has 1 amide bonds. The van der Waals surface area contributed by atoms with E-state index < -0.39 is 17.6 Å². The fourth-order valence-electron chi connectivity index (χ4n) is 1.32. The minimum atomic E-state index is -4.40. The molecule has 0 fully saturated rings. The first-order valence-electron chi connectivity index (χ1n) is 4.68. The lowest BCUT2D eigenvalue weighted by molar-refractivity contribution is -0.138. The second kappa shape index (κ2) is 4.88. The summed E-state index contributed by atoms with van der Waals surface area (Å²) in [5.74, 6) is -0.520. The van der Waals surface area contributed by atoms with Crippen molar-refractivity contribution in [2.45, 2.75) is 25.4 Å². The van der Waals surface area contributed by atoms with E-state index in [4.69, 9.17) is 5.73 Å². The van der Waals surface area contributed by atoms with Crippen molar-refractivity contribution >= 4 is 5.91 Å². The fourth-order valence-corrected chi connectivity index (χ4v) is 1.32. The molecule has 0 aliphatic carbocycles. The predicted octanol–water partition coefficient (Wildman–Crippen LogP) is 2.11. The van der Waals surface area contributed by atoms with Crippen LogP contribution in [0.1, 0.15) is 24.0 Å². The summed E-state index contributed by atoms with van der Waals surface area (Å²) in [7, 11) is 0. The van der Waals surface area contributed by atoms with E-state index in [0.717, 1.165) is 6.07 Å². The van der Waals surface area contributed by atoms with Crippen LogP contribution >= 0.6 is 0 Å². The van der Waals surface area contributed by atoms with Gasteiger partial charge in [-0.3, -0.25) is 4.79 Å². The van der Waals surface area contributed by atoms with Crippen LogP contribution in [0.3, 0.4) is 0 Å². The highest BCUT2D eigenvalue weighted by molar-refractivity contribution is 5.73. The number of alkyl halides is 3. The molecule has 5 heteroatoms. The monoisotopic (exact) mass is 229 g/mol. The number of halogens is 3. The Morgan fingerprint density at radius 2 is 2.12 bits per heavy atom. The summed E-state index contributed by atoms with van der Waals surface area (Å²) in [6, 6.07) is 7.01. The van der Waals surface area contributed by atoms with Crippen molar-refractivity contribution in [1.29, 1.82) is 0 Å². The van der Waals surface area contributed by atoms with Crippen LogP contribution in [0.2, 0.25) is 0 Å². The van der Waals surface area contributed by atoms with E-state index in [1.165, 1.54) is 6.07 Å². The van der Waals surface area contributed by atoms with Gasteiger partial charge in [-0.25, -0.2) is 0 Å². The molecule has 1 aromatic carbocycles. The third-order valence-corrected chi connectivity index (χ3v) is 2.04. The van der Waals surface area contributed by atoms with Crippen molar-refractivity contribution in [2.75, 3.05) is 0 Å². The Morgan fingerprint density at radius 1 is 1.44 bits per heavy atom. The Bertz CT molecular complexity index is 374. The summed E-state index contributed by atoms with van der Waals surface area (Å²) in [6.45, 7) is 0. The van der Waals surface area contributed by atoms with Crippen LogP contribution < -0.4 is 5.73 Å². The molecule has 2 nitrogen and oxygen atoms in total. The maximum atomic E-state index is 12.5. The molecule has 0 aromatic heterocycles. The van der Waals surface area contributed by atoms with E-state index in [0.29, 0.717) is 0 Å². The van der Waals surface area contributed by atoms with Gasteiger partial charge in [-0.1, -0.05) is 12.1 Å². The smallest absolute Gasteiger partial charge is 0.370 e. The molecule has 0 aliphatic heterocycles. The molecule has 0 bridgehead atoms. The quantitative estimate of drug-likeness (QED) is 0.844. The lowest BCUT2D eigenvalue weighted by Crippen LogP contribution is -2.12. The van der Waals surface area contributed by atoms with Gasteiger partial charge in [0.05, 0.1) is 5.56 Å². The highest BCUT2D eigenvalue weighted by Gasteiger charge is 2.32. The predicted molar refractivity (Wildman–Crippen MR) is 51.2 cm³/mol. The molecule has 16 heavy (non-hydrogen) atoms. The van der Waals surface area contributed by atoms with Gasteiger partial charge in [0.1, 0.15) is 0 Å². The molecular formula is C11H10F3NO. The normalized spacial score (nSPS) is 10.9. The van der Waals surface area contributed by atoms with Crippen LogP contribution in [-0.4, -0.2) is 5.91 Å². The van der Waals surface area contributed by atoms with E-state index in [1.807, 2.05) is 0 Å². The Hall–Kier alpha value is -1.70. The topological polar surface area (TPSA) is 43.1 Å². The molecule has 0 saturated heterocycles. The molecule has 0 atom stereocenters. The maximum Gasteiger partial charge on any atom is 0.417 e. The number of hydrogen-bond donors (Lipinski definition) is 1. The van der Waals surface area contributed by atoms with Crippen molar-refractivity contribution in [3.05, 3.63) is 35.4 Å². The number of nitrogens with two attached hydrogens (primary N) is 1. The average molecular weight is 229 g/mol. The zero-order chi connectivity index (χ0) is 12.2. The van der Waals surface area contributed by atoms with Crippen molar-refractivity contribution in [2.24, 2.45) is 5.73 Å². The van der Waals surface area contributed by atoms with Crippen LogP contribution in [-0.2, 0) is 17.4 Å². The summed E-state index contributed by atoms with van der Waals surface area (Å²) < 4.78 is 37.5. The number of rotatable bonds is 4. The highest BCUT2D eigenvalue weighted by Crippen LogP contribution is 2.31. The molecule has 0 saturated carbocycles. The Labute approximate surface area is 91.3 Å². The Balaban J connectivity index is 2.76. The van der Waals surface area contributed by atoms with Crippen LogP contribution in [0.25, 0.3) is 0 Å². The molecule has 0 aliphatic rings. The SMILES string of the molecule is NC(=O)CCCc1c#cccc1C(F)(F)F. The second-order valence-corrected chi connectivity index (χ2v) is 3.31. The van der Waals surface area contributed by atoms with Crippen LogP contribution in [0.5, 0.6) is 0 Å². The summed E-state index contributed by atoms with van der Waals surface area (Å²) in [4.78, 5) is 10.5. The first-order chi connectivity index (χ1) is 7.41. The minimum Gasteiger partial charge on any atom is -0.370 e. The molecule has 1 aromatic rings. The largest absolute Gasteiger partial charge is 0.417 e. The number of carbonyl (C=O) groups is 1. The first-order valence-corrected chi connectivity index (χ1v) is 4.68. The molecule has 0 heterocycles. The molecule has 0 unspecified atom stereocenters. The van der Waals surface area contributed by atoms with Crippen LogP contribution in [0.4, 0.5) is 13.2 Å². The molecule has 1 rings (SSSR count). The first kappa shape index (κ1) is 12.4. The number of hydrogen-bond acceptors (Lipinski definition) is 1. The van der Waals surface area contributed by atoms with Crippen LogP contribution in [0, 0.1) is 12.1 Å². The van der Waals surface area contributed by atoms with Gasteiger partial charge in [0.25, 0.3) is 0 Å². The third-order valence-electron chi connectivity index (χ3n) is 2.04. The Morgan fingerprint density at radius 3 is 2.69 bits per heavy atom. The summed E-state index contributed by atoms with van der Waals surface area (Å²) >= 11 is 0. The van der Waals surface area contributed by atoms with Gasteiger partial charge in [0.15, 0.2) is 0 Å². The van der Waals surface area contributed by atoms with E-state index in [-0.39, 0.29) is 24.8 Å². The second-order valence-electron chi connectivity index (χ2n) is 3.31. The Kier molecular flexibility index (Phi) is 3.78. The summed E-state index contributed by atoms with van der Waals surface area (Å²) in [5, 5.41) is 0. The van der Waals surface area contributed by atoms with Gasteiger partial charge < -0.3 is 5.73 Å². The van der Waals surface area contributed by atoms with E-state index in [1.54, 1.807) is 0 Å². The molecule has 0 spiro atoms. The van der Waals surface area contributed by atoms with Crippen molar-refractivity contribution in [1.82, 2.24) is 0 Å². The number of carbonyl (C=O) groups excluding carboxylic acids is 1. The minimum absolute atomic E-state index is 0.0243. The van der Waals surface area contributed by atoms with Gasteiger partial charge in [-0.2, -0.15) is 13.2 Å². The lowest BCUT2D eigenvalue weighted by Gasteiger charge is -2.09. The highest BCUT2D eigenvalue weighted by atomic mass is 19.4. The van der Waals surface area contributed by atoms with E-state index in [9.17, 15) is 18.0 Å². The standard InChI is InChI=1S/C11H10F3NO/c12-11(13,14)9-6-2-1-4-8(9)5-3-7-10(15)16/h2,6H,3,5,7H2,(H2,15,16). The van der Waals surface area contributed by atoms with Crippen molar-refractivity contribution in [3.8, 4) is 0 Å². The third kappa shape index (κ3) is 3.46. The zero-order valence-corrected chi connectivity index (χ0v) is 8.40. The lowest BCUT2D eigenvalue weighted by atomic mass is 10.0. The van der Waals surface area contributed by atoms with Crippen LogP contribution in [0.15, 0.2) is 12.1 Å². The average Bonchev–Trinajstić information content (AvgIpc) is 2.16. The number of amides is 1.